The standard InChI is InChI=1S/C17H19N3O4/c1-10-8-12(18-24-10)20-9-17-5-4-11(23-17)13(14(17)16(20)22)15(21)19-6-2-3-7-19/h4-5,8,11,13-14H,2-3,6-7,9H2,1H3/t11?,13?,14?,17-/m0/s1. The molecule has 5 heterocycles. The van der Waals surface area contributed by atoms with E-state index in [4.69, 9.17) is 9.26 Å². The SMILES string of the molecule is Cc1cc(N2C[C@]34C=CC(O3)C(C(=O)N3CCCC3)C4C2=O)no1. The van der Waals surface area contributed by atoms with E-state index in [2.05, 4.69) is 5.16 Å². The number of nitrogens with zero attached hydrogens (tertiary/aromatic N) is 3. The van der Waals surface area contributed by atoms with E-state index >= 15 is 0 Å². The molecule has 3 saturated heterocycles. The first-order valence-electron chi connectivity index (χ1n) is 8.50. The number of carbonyl (C=O) groups is 2. The Bertz CT molecular complexity index is 751. The van der Waals surface area contributed by atoms with Gasteiger partial charge in [0.25, 0.3) is 0 Å². The average molecular weight is 329 g/mol. The van der Waals surface area contributed by atoms with E-state index in [0.29, 0.717) is 18.1 Å². The van der Waals surface area contributed by atoms with Gasteiger partial charge in [-0.05, 0) is 19.8 Å². The third-order valence-electron chi connectivity index (χ3n) is 5.70. The van der Waals surface area contributed by atoms with Crippen LogP contribution in [0.15, 0.2) is 22.7 Å². The van der Waals surface area contributed by atoms with Crippen LogP contribution in [0.2, 0.25) is 0 Å². The van der Waals surface area contributed by atoms with Crippen molar-refractivity contribution < 1.29 is 18.8 Å². The number of amides is 2. The molecule has 2 amide bonds. The average Bonchev–Trinajstić information content (AvgIpc) is 3.34. The molecule has 0 aromatic carbocycles. The van der Waals surface area contributed by atoms with Crippen LogP contribution in [-0.2, 0) is 14.3 Å². The molecule has 0 N–H and O–H groups in total. The first kappa shape index (κ1) is 14.2. The van der Waals surface area contributed by atoms with Gasteiger partial charge in [-0.25, -0.2) is 0 Å². The topological polar surface area (TPSA) is 75.9 Å². The quantitative estimate of drug-likeness (QED) is 0.753. The Morgan fingerprint density at radius 3 is 2.88 bits per heavy atom. The van der Waals surface area contributed by atoms with Crippen LogP contribution in [-0.4, -0.2) is 53.2 Å². The minimum Gasteiger partial charge on any atom is -0.360 e. The summed E-state index contributed by atoms with van der Waals surface area (Å²) >= 11 is 0. The van der Waals surface area contributed by atoms with Gasteiger partial charge in [-0.15, -0.1) is 0 Å². The van der Waals surface area contributed by atoms with E-state index in [0.717, 1.165) is 25.9 Å². The van der Waals surface area contributed by atoms with Gasteiger partial charge in [0.15, 0.2) is 5.82 Å². The molecule has 1 aromatic rings. The molecule has 1 spiro atoms. The molecule has 126 valence electrons. The molecule has 2 bridgehead atoms. The largest absolute Gasteiger partial charge is 0.360 e. The Morgan fingerprint density at radius 1 is 1.38 bits per heavy atom. The molecule has 3 fully saturated rings. The van der Waals surface area contributed by atoms with Crippen molar-refractivity contribution in [3.63, 3.8) is 0 Å². The predicted octanol–water partition coefficient (Wildman–Crippen LogP) is 0.892. The molecule has 4 aliphatic rings. The van der Waals surface area contributed by atoms with Crippen molar-refractivity contribution in [2.24, 2.45) is 11.8 Å². The fourth-order valence-electron chi connectivity index (χ4n) is 4.60. The number of ether oxygens (including phenoxy) is 1. The molecule has 0 radical (unpaired) electrons. The Hall–Kier alpha value is -2.15. The van der Waals surface area contributed by atoms with Crippen molar-refractivity contribution >= 4 is 17.6 Å². The molecule has 5 rings (SSSR count). The Labute approximate surface area is 139 Å². The number of carbonyl (C=O) groups excluding carboxylic acids is 2. The van der Waals surface area contributed by atoms with Crippen molar-refractivity contribution in [2.75, 3.05) is 24.5 Å². The molecule has 1 aromatic heterocycles. The summed E-state index contributed by atoms with van der Waals surface area (Å²) in [5, 5.41) is 3.96. The number of aryl methyl sites for hydroxylation is 1. The van der Waals surface area contributed by atoms with Gasteiger partial charge in [-0.3, -0.25) is 14.5 Å². The summed E-state index contributed by atoms with van der Waals surface area (Å²) in [6.07, 6.45) is 5.69. The Morgan fingerprint density at radius 2 is 2.17 bits per heavy atom. The second-order valence-corrected chi connectivity index (χ2v) is 7.15. The Kier molecular flexibility index (Phi) is 2.78. The lowest BCUT2D eigenvalue weighted by atomic mass is 9.76. The van der Waals surface area contributed by atoms with Crippen LogP contribution in [0.4, 0.5) is 5.82 Å². The van der Waals surface area contributed by atoms with E-state index in [1.54, 1.807) is 17.9 Å². The van der Waals surface area contributed by atoms with Gasteiger partial charge in [0.1, 0.15) is 11.4 Å². The maximum Gasteiger partial charge on any atom is 0.235 e. The van der Waals surface area contributed by atoms with Crippen molar-refractivity contribution in [3.05, 3.63) is 24.0 Å². The second-order valence-electron chi connectivity index (χ2n) is 7.15. The summed E-state index contributed by atoms with van der Waals surface area (Å²) < 4.78 is 11.2. The van der Waals surface area contributed by atoms with Crippen LogP contribution in [0.5, 0.6) is 0 Å². The van der Waals surface area contributed by atoms with Crippen LogP contribution in [0.25, 0.3) is 0 Å². The lowest BCUT2D eigenvalue weighted by Gasteiger charge is -2.27. The zero-order valence-electron chi connectivity index (χ0n) is 13.5. The minimum atomic E-state index is -0.700. The van der Waals surface area contributed by atoms with Crippen LogP contribution in [0.1, 0.15) is 18.6 Å². The zero-order valence-corrected chi connectivity index (χ0v) is 13.5. The maximum absolute atomic E-state index is 13.1. The highest BCUT2D eigenvalue weighted by atomic mass is 16.5. The first-order chi connectivity index (χ1) is 11.6. The number of aromatic nitrogens is 1. The number of anilines is 1. The molecule has 24 heavy (non-hydrogen) atoms. The van der Waals surface area contributed by atoms with Gasteiger partial charge in [-0.1, -0.05) is 17.3 Å². The Balaban J connectivity index is 1.49. The summed E-state index contributed by atoms with van der Waals surface area (Å²) in [5.74, 6) is 0.232. The third-order valence-corrected chi connectivity index (χ3v) is 5.70. The predicted molar refractivity (Wildman–Crippen MR) is 83.1 cm³/mol. The number of hydrogen-bond acceptors (Lipinski definition) is 5. The van der Waals surface area contributed by atoms with E-state index in [1.165, 1.54) is 0 Å². The molecule has 7 heteroatoms. The van der Waals surface area contributed by atoms with Crippen molar-refractivity contribution in [2.45, 2.75) is 31.5 Å². The summed E-state index contributed by atoms with van der Waals surface area (Å²) in [5.41, 5.74) is -0.700. The minimum absolute atomic E-state index is 0.0558. The second kappa shape index (κ2) is 4.69. The maximum atomic E-state index is 13.1. The highest BCUT2D eigenvalue weighted by Crippen LogP contribution is 2.53. The molecule has 0 saturated carbocycles. The summed E-state index contributed by atoms with van der Waals surface area (Å²) in [4.78, 5) is 29.5. The number of hydrogen-bond donors (Lipinski definition) is 0. The third kappa shape index (κ3) is 1.73. The molecule has 4 atom stereocenters. The smallest absolute Gasteiger partial charge is 0.235 e. The normalized spacial score (nSPS) is 36.9. The lowest BCUT2D eigenvalue weighted by Crippen LogP contribution is -2.45. The molecular formula is C17H19N3O4. The van der Waals surface area contributed by atoms with E-state index in [1.807, 2.05) is 17.1 Å². The van der Waals surface area contributed by atoms with Gasteiger partial charge in [0.2, 0.25) is 11.8 Å². The summed E-state index contributed by atoms with van der Waals surface area (Å²) in [6, 6.07) is 1.74. The van der Waals surface area contributed by atoms with Crippen molar-refractivity contribution in [1.29, 1.82) is 0 Å². The van der Waals surface area contributed by atoms with Gasteiger partial charge in [-0.2, -0.15) is 0 Å². The molecule has 4 aliphatic heterocycles. The summed E-state index contributed by atoms with van der Waals surface area (Å²) in [6.45, 7) is 3.74. The monoisotopic (exact) mass is 329 g/mol. The van der Waals surface area contributed by atoms with E-state index in [9.17, 15) is 9.59 Å². The zero-order chi connectivity index (χ0) is 16.5. The van der Waals surface area contributed by atoms with Gasteiger partial charge >= 0.3 is 0 Å². The lowest BCUT2D eigenvalue weighted by molar-refractivity contribution is -0.139. The van der Waals surface area contributed by atoms with Crippen LogP contribution in [0, 0.1) is 18.8 Å². The molecule has 3 unspecified atom stereocenters. The highest BCUT2D eigenvalue weighted by molar-refractivity contribution is 6.02. The summed E-state index contributed by atoms with van der Waals surface area (Å²) in [7, 11) is 0. The molecule has 7 nitrogen and oxygen atoms in total. The fraction of sp³-hybridized carbons (Fsp3) is 0.588. The molecular weight excluding hydrogens is 310 g/mol. The van der Waals surface area contributed by atoms with Gasteiger partial charge < -0.3 is 14.2 Å². The van der Waals surface area contributed by atoms with Crippen molar-refractivity contribution in [3.8, 4) is 0 Å². The van der Waals surface area contributed by atoms with Crippen LogP contribution >= 0.6 is 0 Å². The first-order valence-corrected chi connectivity index (χ1v) is 8.50. The number of likely N-dealkylation sites (tertiary alicyclic amines) is 1. The number of fused-ring (bicyclic) bond motifs is 1. The van der Waals surface area contributed by atoms with Crippen LogP contribution in [0.3, 0.4) is 0 Å². The fourth-order valence-corrected chi connectivity index (χ4v) is 4.60. The number of rotatable bonds is 2. The van der Waals surface area contributed by atoms with E-state index < -0.39 is 17.4 Å². The van der Waals surface area contributed by atoms with E-state index in [-0.39, 0.29) is 17.9 Å². The molecule has 0 aliphatic carbocycles. The highest BCUT2D eigenvalue weighted by Gasteiger charge is 2.67. The van der Waals surface area contributed by atoms with Crippen molar-refractivity contribution in [1.82, 2.24) is 10.1 Å². The van der Waals surface area contributed by atoms with Gasteiger partial charge in [0, 0.05) is 19.2 Å². The van der Waals surface area contributed by atoms with Gasteiger partial charge in [0.05, 0.1) is 24.5 Å². The van der Waals surface area contributed by atoms with Crippen LogP contribution < -0.4 is 4.90 Å².